The third-order valence-corrected chi connectivity index (χ3v) is 2.52. The lowest BCUT2D eigenvalue weighted by Gasteiger charge is -2.20. The molecule has 3 atom stereocenters. The van der Waals surface area contributed by atoms with Crippen LogP contribution in [-0.4, -0.2) is 31.2 Å². The van der Waals surface area contributed by atoms with E-state index >= 15 is 0 Å². The Labute approximate surface area is 92.6 Å². The van der Waals surface area contributed by atoms with E-state index in [-0.39, 0.29) is 17.9 Å². The minimum Gasteiger partial charge on any atom is -0.380 e. The van der Waals surface area contributed by atoms with Gasteiger partial charge in [0, 0.05) is 12.6 Å². The zero-order valence-electron chi connectivity index (χ0n) is 10.2. The second-order valence-corrected chi connectivity index (χ2v) is 3.98. The molecule has 15 heavy (non-hydrogen) atoms. The molecule has 4 nitrogen and oxygen atoms in total. The predicted octanol–water partition coefficient (Wildman–Crippen LogP) is 0.901. The standard InChI is InChI=1S/C11H24N2O2/c1-5-8(3)10(12)11(14)13-9(4)7-15-6-2/h8-10H,5-7,12H2,1-4H3,(H,13,14)/t8?,9?,10-/m0/s1. The summed E-state index contributed by atoms with van der Waals surface area (Å²) in [6, 6.07) is -0.397. The van der Waals surface area contributed by atoms with Crippen molar-refractivity contribution in [1.29, 1.82) is 0 Å². The number of amides is 1. The second-order valence-electron chi connectivity index (χ2n) is 3.98. The molecule has 0 fully saturated rings. The van der Waals surface area contributed by atoms with Crippen molar-refractivity contribution in [2.24, 2.45) is 11.7 Å². The fourth-order valence-corrected chi connectivity index (χ4v) is 1.19. The largest absolute Gasteiger partial charge is 0.380 e. The van der Waals surface area contributed by atoms with Crippen LogP contribution in [0.15, 0.2) is 0 Å². The number of ether oxygens (including phenoxy) is 1. The molecule has 0 rings (SSSR count). The van der Waals surface area contributed by atoms with Gasteiger partial charge in [-0.05, 0) is 19.8 Å². The Hall–Kier alpha value is -0.610. The number of nitrogens with one attached hydrogen (secondary N) is 1. The van der Waals surface area contributed by atoms with Gasteiger partial charge in [0.25, 0.3) is 0 Å². The molecule has 90 valence electrons. The summed E-state index contributed by atoms with van der Waals surface area (Å²) < 4.78 is 5.21. The van der Waals surface area contributed by atoms with E-state index in [9.17, 15) is 4.79 Å². The van der Waals surface area contributed by atoms with E-state index in [1.165, 1.54) is 0 Å². The molecular weight excluding hydrogens is 192 g/mol. The van der Waals surface area contributed by atoms with Crippen molar-refractivity contribution in [3.63, 3.8) is 0 Å². The summed E-state index contributed by atoms with van der Waals surface area (Å²) in [5.41, 5.74) is 5.80. The SMILES string of the molecule is CCOCC(C)NC(=O)[C@@H](N)C(C)CC. The summed E-state index contributed by atoms with van der Waals surface area (Å²) in [6.45, 7) is 9.06. The van der Waals surface area contributed by atoms with Crippen molar-refractivity contribution in [2.75, 3.05) is 13.2 Å². The van der Waals surface area contributed by atoms with E-state index < -0.39 is 6.04 Å². The van der Waals surface area contributed by atoms with Crippen molar-refractivity contribution in [2.45, 2.75) is 46.2 Å². The number of hydrogen-bond donors (Lipinski definition) is 2. The van der Waals surface area contributed by atoms with Crippen molar-refractivity contribution in [3.8, 4) is 0 Å². The van der Waals surface area contributed by atoms with Crippen LogP contribution in [-0.2, 0) is 9.53 Å². The zero-order valence-corrected chi connectivity index (χ0v) is 10.2. The second kappa shape index (κ2) is 7.65. The molecule has 0 radical (unpaired) electrons. The first kappa shape index (κ1) is 14.4. The summed E-state index contributed by atoms with van der Waals surface area (Å²) >= 11 is 0. The smallest absolute Gasteiger partial charge is 0.237 e. The van der Waals surface area contributed by atoms with Gasteiger partial charge in [0.2, 0.25) is 5.91 Å². The molecule has 0 aliphatic rings. The summed E-state index contributed by atoms with van der Waals surface area (Å²) in [7, 11) is 0. The van der Waals surface area contributed by atoms with E-state index in [1.807, 2.05) is 27.7 Å². The minimum absolute atomic E-state index is 0.0209. The molecule has 0 aromatic heterocycles. The van der Waals surface area contributed by atoms with Gasteiger partial charge in [-0.25, -0.2) is 0 Å². The molecular formula is C11H24N2O2. The molecule has 1 amide bonds. The van der Waals surface area contributed by atoms with Gasteiger partial charge in [-0.1, -0.05) is 20.3 Å². The van der Waals surface area contributed by atoms with Crippen LogP contribution < -0.4 is 11.1 Å². The molecule has 0 spiro atoms. The molecule has 0 bridgehead atoms. The van der Waals surface area contributed by atoms with Crippen molar-refractivity contribution in [3.05, 3.63) is 0 Å². The first-order valence-electron chi connectivity index (χ1n) is 5.66. The van der Waals surface area contributed by atoms with Crippen LogP contribution in [0.3, 0.4) is 0 Å². The van der Waals surface area contributed by atoms with Crippen LogP contribution in [0.5, 0.6) is 0 Å². The highest BCUT2D eigenvalue weighted by molar-refractivity contribution is 5.82. The van der Waals surface area contributed by atoms with Crippen molar-refractivity contribution in [1.82, 2.24) is 5.32 Å². The van der Waals surface area contributed by atoms with Gasteiger partial charge < -0.3 is 15.8 Å². The molecule has 3 N–H and O–H groups in total. The number of rotatable bonds is 7. The topological polar surface area (TPSA) is 64.3 Å². The maximum Gasteiger partial charge on any atom is 0.237 e. The normalized spacial score (nSPS) is 16.9. The highest BCUT2D eigenvalue weighted by Crippen LogP contribution is 2.05. The van der Waals surface area contributed by atoms with Crippen LogP contribution in [0.2, 0.25) is 0 Å². The van der Waals surface area contributed by atoms with E-state index in [1.54, 1.807) is 0 Å². The Bertz CT molecular complexity index is 185. The maximum absolute atomic E-state index is 11.6. The molecule has 0 aromatic carbocycles. The fraction of sp³-hybridized carbons (Fsp3) is 0.909. The van der Waals surface area contributed by atoms with Crippen LogP contribution in [0.4, 0.5) is 0 Å². The maximum atomic E-state index is 11.6. The molecule has 4 heteroatoms. The first-order valence-corrected chi connectivity index (χ1v) is 5.66. The number of carbonyl (C=O) groups excluding carboxylic acids is 1. The quantitative estimate of drug-likeness (QED) is 0.664. The van der Waals surface area contributed by atoms with Gasteiger partial charge in [0.05, 0.1) is 12.6 Å². The highest BCUT2D eigenvalue weighted by Gasteiger charge is 2.20. The van der Waals surface area contributed by atoms with E-state index in [0.29, 0.717) is 13.2 Å². The number of carbonyl (C=O) groups is 1. The van der Waals surface area contributed by atoms with Crippen molar-refractivity contribution < 1.29 is 9.53 Å². The first-order chi connectivity index (χ1) is 7.02. The van der Waals surface area contributed by atoms with E-state index in [4.69, 9.17) is 10.5 Å². The summed E-state index contributed by atoms with van der Waals surface area (Å²) in [6.07, 6.45) is 0.911. The Morgan fingerprint density at radius 1 is 1.40 bits per heavy atom. The summed E-state index contributed by atoms with van der Waals surface area (Å²) in [5.74, 6) is 0.126. The van der Waals surface area contributed by atoms with E-state index in [2.05, 4.69) is 5.32 Å². The van der Waals surface area contributed by atoms with Gasteiger partial charge in [0.1, 0.15) is 0 Å². The van der Waals surface area contributed by atoms with Gasteiger partial charge in [-0.2, -0.15) is 0 Å². The lowest BCUT2D eigenvalue weighted by Crippen LogP contribution is -2.48. The molecule has 0 aliphatic carbocycles. The molecule has 0 saturated carbocycles. The third-order valence-electron chi connectivity index (χ3n) is 2.52. The highest BCUT2D eigenvalue weighted by atomic mass is 16.5. The monoisotopic (exact) mass is 216 g/mol. The van der Waals surface area contributed by atoms with Gasteiger partial charge in [0.15, 0.2) is 0 Å². The van der Waals surface area contributed by atoms with E-state index in [0.717, 1.165) is 6.42 Å². The Morgan fingerprint density at radius 2 is 2.00 bits per heavy atom. The minimum atomic E-state index is -0.418. The van der Waals surface area contributed by atoms with Gasteiger partial charge >= 0.3 is 0 Å². The molecule has 0 heterocycles. The van der Waals surface area contributed by atoms with Gasteiger partial charge in [-0.3, -0.25) is 4.79 Å². The lowest BCUT2D eigenvalue weighted by atomic mass is 9.99. The Balaban J connectivity index is 3.90. The van der Waals surface area contributed by atoms with Crippen LogP contribution in [0.1, 0.15) is 34.1 Å². The van der Waals surface area contributed by atoms with Gasteiger partial charge in [-0.15, -0.1) is 0 Å². The fourth-order valence-electron chi connectivity index (χ4n) is 1.19. The summed E-state index contributed by atoms with van der Waals surface area (Å²) in [5, 5.41) is 2.84. The van der Waals surface area contributed by atoms with Crippen molar-refractivity contribution >= 4 is 5.91 Å². The van der Waals surface area contributed by atoms with Crippen LogP contribution in [0, 0.1) is 5.92 Å². The molecule has 0 aromatic rings. The summed E-state index contributed by atoms with van der Waals surface area (Å²) in [4.78, 5) is 11.6. The van der Waals surface area contributed by atoms with Crippen LogP contribution >= 0.6 is 0 Å². The predicted molar refractivity (Wildman–Crippen MR) is 61.5 cm³/mol. The number of nitrogens with two attached hydrogens (primary N) is 1. The molecule has 0 saturated heterocycles. The lowest BCUT2D eigenvalue weighted by molar-refractivity contribution is -0.124. The van der Waals surface area contributed by atoms with Crippen LogP contribution in [0.25, 0.3) is 0 Å². The average Bonchev–Trinajstić information content (AvgIpc) is 2.23. The molecule has 2 unspecified atom stereocenters. The third kappa shape index (κ3) is 5.74. The number of hydrogen-bond acceptors (Lipinski definition) is 3. The Morgan fingerprint density at radius 3 is 2.47 bits per heavy atom. The molecule has 0 aliphatic heterocycles. The average molecular weight is 216 g/mol. The zero-order chi connectivity index (χ0) is 11.8. The Kier molecular flexibility index (Phi) is 7.34.